The lowest BCUT2D eigenvalue weighted by atomic mass is 9.79. The van der Waals surface area contributed by atoms with Crippen LogP contribution in [0.5, 0.6) is 0 Å². The molecule has 0 spiro atoms. The first-order valence-corrected chi connectivity index (χ1v) is 12.9. The van der Waals surface area contributed by atoms with Gasteiger partial charge in [-0.25, -0.2) is 16.8 Å². The molecule has 1 unspecified atom stereocenters. The predicted octanol–water partition coefficient (Wildman–Crippen LogP) is 4.83. The fourth-order valence-electron chi connectivity index (χ4n) is 3.96. The highest BCUT2D eigenvalue weighted by Crippen LogP contribution is 2.41. The van der Waals surface area contributed by atoms with E-state index in [0.29, 0.717) is 12.8 Å². The average Bonchev–Trinajstić information content (AvgIpc) is 2.75. The van der Waals surface area contributed by atoms with Crippen molar-refractivity contribution in [2.45, 2.75) is 48.1 Å². The lowest BCUT2D eigenvalue weighted by Gasteiger charge is -2.34. The van der Waals surface area contributed by atoms with Crippen molar-refractivity contribution in [1.82, 2.24) is 3.71 Å². The van der Waals surface area contributed by atoms with Crippen molar-refractivity contribution in [2.75, 3.05) is 6.54 Å². The lowest BCUT2D eigenvalue weighted by Crippen LogP contribution is -2.46. The standard InChI is InChI=1S/C21H24F3NO4S2/c22-21(23,24)20(17-10-4-1-5-11-17)16-25(30(26,27)18-12-6-2-7-13-18)31(28,29)19-14-8-3-9-15-19/h2-3,6-9,12-15,17,20H,1,4-5,10-11,16H2. The molecule has 0 bridgehead atoms. The smallest absolute Gasteiger partial charge is 0.206 e. The van der Waals surface area contributed by atoms with E-state index in [1.165, 1.54) is 60.7 Å². The summed E-state index contributed by atoms with van der Waals surface area (Å²) in [7, 11) is -9.51. The van der Waals surface area contributed by atoms with Crippen LogP contribution in [0.1, 0.15) is 32.1 Å². The number of nitrogens with zero attached hydrogens (tertiary/aromatic N) is 1. The van der Waals surface area contributed by atoms with Gasteiger partial charge in [0, 0.05) is 6.54 Å². The van der Waals surface area contributed by atoms with Crippen molar-refractivity contribution in [3.8, 4) is 0 Å². The Hall–Kier alpha value is -1.91. The summed E-state index contributed by atoms with van der Waals surface area (Å²) in [6.45, 7) is -1.18. The minimum Gasteiger partial charge on any atom is -0.206 e. The molecule has 0 aliphatic heterocycles. The highest BCUT2D eigenvalue weighted by atomic mass is 32.3. The zero-order valence-electron chi connectivity index (χ0n) is 16.7. The van der Waals surface area contributed by atoms with Gasteiger partial charge in [-0.15, -0.1) is 0 Å². The molecule has 10 heteroatoms. The maximum Gasteiger partial charge on any atom is 0.393 e. The third-order valence-corrected chi connectivity index (χ3v) is 9.89. The minimum absolute atomic E-state index is 0.0391. The molecular formula is C21H24F3NO4S2. The molecule has 1 aliphatic rings. The van der Waals surface area contributed by atoms with Crippen LogP contribution >= 0.6 is 0 Å². The molecule has 0 amide bonds. The second-order valence-corrected chi connectivity index (χ2v) is 11.6. The zero-order valence-corrected chi connectivity index (χ0v) is 18.3. The lowest BCUT2D eigenvalue weighted by molar-refractivity contribution is -0.191. The summed E-state index contributed by atoms with van der Waals surface area (Å²) in [4.78, 5) is -0.752. The molecule has 5 nitrogen and oxygen atoms in total. The second kappa shape index (κ2) is 9.30. The van der Waals surface area contributed by atoms with Crippen molar-refractivity contribution < 1.29 is 30.0 Å². The third kappa shape index (κ3) is 5.30. The molecule has 0 aromatic heterocycles. The van der Waals surface area contributed by atoms with Gasteiger partial charge in [-0.3, -0.25) is 0 Å². The van der Waals surface area contributed by atoms with Crippen LogP contribution in [0.3, 0.4) is 0 Å². The number of hydrogen-bond acceptors (Lipinski definition) is 4. The minimum atomic E-state index is -4.76. The molecule has 3 rings (SSSR count). The number of alkyl halides is 3. The summed E-state index contributed by atoms with van der Waals surface area (Å²) < 4.78 is 95.2. The molecule has 1 aliphatic carbocycles. The zero-order chi connectivity index (χ0) is 22.7. The molecule has 1 saturated carbocycles. The monoisotopic (exact) mass is 475 g/mol. The van der Waals surface area contributed by atoms with Crippen LogP contribution in [-0.2, 0) is 20.0 Å². The fraction of sp³-hybridized carbons (Fsp3) is 0.429. The first-order chi connectivity index (χ1) is 14.5. The molecular weight excluding hydrogens is 451 g/mol. The Morgan fingerprint density at radius 2 is 1.19 bits per heavy atom. The fourth-order valence-corrected chi connectivity index (χ4v) is 7.70. The quantitative estimate of drug-likeness (QED) is 0.575. The van der Waals surface area contributed by atoms with E-state index in [9.17, 15) is 30.0 Å². The van der Waals surface area contributed by atoms with Gasteiger partial charge in [0.1, 0.15) is 0 Å². The van der Waals surface area contributed by atoms with Crippen molar-refractivity contribution in [2.24, 2.45) is 11.8 Å². The number of hydrogen-bond donors (Lipinski definition) is 0. The molecule has 0 radical (unpaired) electrons. The Morgan fingerprint density at radius 1 is 0.774 bits per heavy atom. The summed E-state index contributed by atoms with van der Waals surface area (Å²) >= 11 is 0. The molecule has 0 N–H and O–H groups in total. The summed E-state index contributed by atoms with van der Waals surface area (Å²) in [6.07, 6.45) is -2.14. The number of rotatable bonds is 7. The van der Waals surface area contributed by atoms with E-state index in [4.69, 9.17) is 0 Å². The van der Waals surface area contributed by atoms with Gasteiger partial charge in [0.15, 0.2) is 0 Å². The van der Waals surface area contributed by atoms with Gasteiger partial charge in [0.05, 0.1) is 15.7 Å². The Labute approximate surface area is 181 Å². The Bertz CT molecular complexity index is 997. The number of halogens is 3. The molecule has 0 saturated heterocycles. The van der Waals surface area contributed by atoms with Crippen LogP contribution < -0.4 is 0 Å². The van der Waals surface area contributed by atoms with Gasteiger partial charge in [0.2, 0.25) is 0 Å². The average molecular weight is 476 g/mol. The summed E-state index contributed by atoms with van der Waals surface area (Å²) in [6, 6.07) is 13.3. The summed E-state index contributed by atoms with van der Waals surface area (Å²) in [5.41, 5.74) is 0. The highest BCUT2D eigenvalue weighted by Gasteiger charge is 2.49. The van der Waals surface area contributed by atoms with E-state index < -0.39 is 44.6 Å². The molecule has 2 aromatic rings. The van der Waals surface area contributed by atoms with Crippen LogP contribution in [-0.4, -0.2) is 33.3 Å². The molecule has 1 fully saturated rings. The number of sulfonamides is 2. The van der Waals surface area contributed by atoms with Gasteiger partial charge in [-0.1, -0.05) is 59.4 Å². The first kappa shape index (κ1) is 23.7. The van der Waals surface area contributed by atoms with E-state index in [0.717, 1.165) is 6.42 Å². The van der Waals surface area contributed by atoms with Gasteiger partial charge in [0.25, 0.3) is 20.0 Å². The van der Waals surface area contributed by atoms with Gasteiger partial charge < -0.3 is 0 Å². The molecule has 2 aromatic carbocycles. The van der Waals surface area contributed by atoms with Crippen LogP contribution in [0.2, 0.25) is 0 Å². The Kier molecular flexibility index (Phi) is 7.12. The van der Waals surface area contributed by atoms with E-state index in [2.05, 4.69) is 0 Å². The maximum atomic E-state index is 14.0. The molecule has 170 valence electrons. The number of benzene rings is 2. The molecule has 0 heterocycles. The van der Waals surface area contributed by atoms with Gasteiger partial charge in [-0.2, -0.15) is 13.2 Å². The maximum absolute atomic E-state index is 14.0. The van der Waals surface area contributed by atoms with E-state index in [-0.39, 0.29) is 26.3 Å². The van der Waals surface area contributed by atoms with Crippen molar-refractivity contribution >= 4 is 20.0 Å². The predicted molar refractivity (Wildman–Crippen MR) is 110 cm³/mol. The van der Waals surface area contributed by atoms with Crippen LogP contribution in [0.25, 0.3) is 0 Å². The Balaban J connectivity index is 2.11. The first-order valence-electron chi connectivity index (χ1n) is 9.99. The van der Waals surface area contributed by atoms with E-state index in [1.54, 1.807) is 0 Å². The largest absolute Gasteiger partial charge is 0.393 e. The summed E-state index contributed by atoms with van der Waals surface area (Å²) in [5, 5.41) is 0. The van der Waals surface area contributed by atoms with Gasteiger partial charge >= 0.3 is 6.18 Å². The van der Waals surface area contributed by atoms with E-state index >= 15 is 0 Å². The van der Waals surface area contributed by atoms with Crippen LogP contribution in [0.15, 0.2) is 70.5 Å². The normalized spacial score (nSPS) is 17.5. The van der Waals surface area contributed by atoms with Crippen molar-refractivity contribution in [1.29, 1.82) is 0 Å². The second-order valence-electron chi connectivity index (χ2n) is 7.64. The van der Waals surface area contributed by atoms with Crippen LogP contribution in [0, 0.1) is 11.8 Å². The topological polar surface area (TPSA) is 71.5 Å². The highest BCUT2D eigenvalue weighted by molar-refractivity contribution is 8.04. The SMILES string of the molecule is O=S(=O)(c1ccccc1)N(CC(C1CCCCC1)C(F)(F)F)S(=O)(=O)c1ccccc1. The van der Waals surface area contributed by atoms with Crippen molar-refractivity contribution in [3.05, 3.63) is 60.7 Å². The van der Waals surface area contributed by atoms with Gasteiger partial charge in [-0.05, 0) is 43.0 Å². The van der Waals surface area contributed by atoms with Crippen molar-refractivity contribution in [3.63, 3.8) is 0 Å². The third-order valence-electron chi connectivity index (χ3n) is 5.60. The summed E-state index contributed by atoms with van der Waals surface area (Å²) in [5.74, 6) is -2.90. The Morgan fingerprint density at radius 3 is 1.58 bits per heavy atom. The van der Waals surface area contributed by atoms with E-state index in [1.807, 2.05) is 0 Å². The molecule has 31 heavy (non-hydrogen) atoms. The van der Waals surface area contributed by atoms with Crippen LogP contribution in [0.4, 0.5) is 13.2 Å². The molecule has 1 atom stereocenters.